The summed E-state index contributed by atoms with van der Waals surface area (Å²) in [6.45, 7) is 0. The molecule has 1 heterocycles. The topological polar surface area (TPSA) is 66.2 Å². The SMILES string of the molecule is OB(O)c1cccnn1. The highest BCUT2D eigenvalue weighted by Crippen LogP contribution is 1.72. The maximum absolute atomic E-state index is 8.48. The molecule has 1 aromatic rings. The van der Waals surface area contributed by atoms with Crippen LogP contribution in [0.4, 0.5) is 0 Å². The predicted molar refractivity (Wildman–Crippen MR) is 31.9 cm³/mol. The van der Waals surface area contributed by atoms with Crippen LogP contribution in [0.15, 0.2) is 18.3 Å². The maximum atomic E-state index is 8.48. The van der Waals surface area contributed by atoms with Crippen LogP contribution in [0.3, 0.4) is 0 Å². The van der Waals surface area contributed by atoms with Gasteiger partial charge in [0.05, 0.1) is 5.59 Å². The molecule has 0 unspecified atom stereocenters. The van der Waals surface area contributed by atoms with Gasteiger partial charge in [0.25, 0.3) is 0 Å². The van der Waals surface area contributed by atoms with Gasteiger partial charge in [0.1, 0.15) is 0 Å². The smallest absolute Gasteiger partial charge is 0.422 e. The molecule has 0 spiro atoms. The Labute approximate surface area is 52.3 Å². The lowest BCUT2D eigenvalue weighted by molar-refractivity contribution is 0.423. The van der Waals surface area contributed by atoms with Crippen LogP contribution in [0.2, 0.25) is 0 Å². The van der Waals surface area contributed by atoms with Gasteiger partial charge in [-0.15, -0.1) is 0 Å². The minimum absolute atomic E-state index is 0.164. The van der Waals surface area contributed by atoms with Gasteiger partial charge in [-0.2, -0.15) is 10.2 Å². The number of nitrogens with zero attached hydrogens (tertiary/aromatic N) is 2. The monoisotopic (exact) mass is 124 g/mol. The van der Waals surface area contributed by atoms with Crippen molar-refractivity contribution in [2.24, 2.45) is 0 Å². The second-order valence-electron chi connectivity index (χ2n) is 1.52. The Morgan fingerprint density at radius 2 is 2.22 bits per heavy atom. The Bertz CT molecular complexity index is 179. The van der Waals surface area contributed by atoms with Gasteiger partial charge < -0.3 is 10.0 Å². The molecule has 0 saturated carbocycles. The zero-order chi connectivity index (χ0) is 6.69. The molecule has 1 rings (SSSR count). The largest absolute Gasteiger partial charge is 0.510 e. The molecule has 0 aliphatic heterocycles. The number of hydrogen-bond acceptors (Lipinski definition) is 4. The Morgan fingerprint density at radius 1 is 1.44 bits per heavy atom. The van der Waals surface area contributed by atoms with E-state index in [2.05, 4.69) is 10.2 Å². The first-order valence-electron chi connectivity index (χ1n) is 2.44. The summed E-state index contributed by atoms with van der Waals surface area (Å²) in [4.78, 5) is 0. The summed E-state index contributed by atoms with van der Waals surface area (Å²) in [5.41, 5.74) is 0.164. The van der Waals surface area contributed by atoms with Gasteiger partial charge >= 0.3 is 7.12 Å². The lowest BCUT2D eigenvalue weighted by Gasteiger charge is -1.91. The zero-order valence-electron chi connectivity index (χ0n) is 4.60. The molecule has 0 saturated heterocycles. The van der Waals surface area contributed by atoms with Gasteiger partial charge in [-0.1, -0.05) is 0 Å². The molecule has 0 aliphatic rings. The van der Waals surface area contributed by atoms with E-state index in [-0.39, 0.29) is 5.59 Å². The van der Waals surface area contributed by atoms with E-state index in [0.717, 1.165) is 0 Å². The molecule has 0 radical (unpaired) electrons. The molecule has 0 atom stereocenters. The quantitative estimate of drug-likeness (QED) is 0.431. The molecule has 0 aromatic carbocycles. The Morgan fingerprint density at radius 3 is 2.56 bits per heavy atom. The van der Waals surface area contributed by atoms with Crippen LogP contribution in [-0.2, 0) is 0 Å². The zero-order valence-corrected chi connectivity index (χ0v) is 4.60. The van der Waals surface area contributed by atoms with Crippen LogP contribution in [-0.4, -0.2) is 27.4 Å². The summed E-state index contributed by atoms with van der Waals surface area (Å²) in [7, 11) is -1.52. The molecule has 2 N–H and O–H groups in total. The molecule has 0 amide bonds. The van der Waals surface area contributed by atoms with Crippen LogP contribution >= 0.6 is 0 Å². The van der Waals surface area contributed by atoms with Gasteiger partial charge in [0, 0.05) is 6.20 Å². The molecule has 4 nitrogen and oxygen atoms in total. The van der Waals surface area contributed by atoms with Gasteiger partial charge in [-0.25, -0.2) is 0 Å². The number of rotatable bonds is 1. The van der Waals surface area contributed by atoms with E-state index < -0.39 is 7.12 Å². The normalized spacial score (nSPS) is 9.11. The third-order valence-electron chi connectivity index (χ3n) is 0.857. The van der Waals surface area contributed by atoms with Crippen LogP contribution in [0.25, 0.3) is 0 Å². The maximum Gasteiger partial charge on any atom is 0.510 e. The first kappa shape index (κ1) is 6.19. The highest BCUT2D eigenvalue weighted by Gasteiger charge is 2.10. The minimum atomic E-state index is -1.52. The molecule has 9 heavy (non-hydrogen) atoms. The molecule has 1 aromatic heterocycles. The first-order chi connectivity index (χ1) is 4.30. The molecular formula is C4H5BN2O2. The van der Waals surface area contributed by atoms with Crippen LogP contribution in [0, 0.1) is 0 Å². The van der Waals surface area contributed by atoms with E-state index in [1.807, 2.05) is 0 Å². The fourth-order valence-corrected chi connectivity index (χ4v) is 0.451. The van der Waals surface area contributed by atoms with Gasteiger partial charge in [0.2, 0.25) is 0 Å². The molecule has 0 bridgehead atoms. The van der Waals surface area contributed by atoms with Crippen LogP contribution in [0.1, 0.15) is 0 Å². The molecular weight excluding hydrogens is 119 g/mol. The fraction of sp³-hybridized carbons (Fsp3) is 0. The highest BCUT2D eigenvalue weighted by atomic mass is 16.4. The summed E-state index contributed by atoms with van der Waals surface area (Å²) < 4.78 is 0. The standard InChI is InChI=1S/C4H5BN2O2/c8-5(9)4-2-1-3-6-7-4/h1-3,8-9H. The van der Waals surface area contributed by atoms with Crippen LogP contribution in [0.5, 0.6) is 0 Å². The molecule has 5 heteroatoms. The van der Waals surface area contributed by atoms with Gasteiger partial charge in [0.15, 0.2) is 0 Å². The van der Waals surface area contributed by atoms with Crippen molar-refractivity contribution in [2.45, 2.75) is 0 Å². The lowest BCUT2D eigenvalue weighted by Crippen LogP contribution is -2.32. The van der Waals surface area contributed by atoms with Gasteiger partial charge in [-0.05, 0) is 12.1 Å². The van der Waals surface area contributed by atoms with Crippen molar-refractivity contribution in [2.75, 3.05) is 0 Å². The van der Waals surface area contributed by atoms with E-state index in [0.29, 0.717) is 0 Å². The fourth-order valence-electron chi connectivity index (χ4n) is 0.451. The average Bonchev–Trinajstić information content (AvgIpc) is 1.90. The van der Waals surface area contributed by atoms with Crippen molar-refractivity contribution >= 4 is 12.7 Å². The van der Waals surface area contributed by atoms with Crippen molar-refractivity contribution in [3.05, 3.63) is 18.3 Å². The number of aromatic nitrogens is 2. The highest BCUT2D eigenvalue weighted by molar-refractivity contribution is 6.57. The predicted octanol–water partition coefficient (Wildman–Crippen LogP) is -1.84. The summed E-state index contributed by atoms with van der Waals surface area (Å²) >= 11 is 0. The summed E-state index contributed by atoms with van der Waals surface area (Å²) in [6, 6.07) is 3.07. The van der Waals surface area contributed by atoms with Crippen molar-refractivity contribution in [3.8, 4) is 0 Å². The van der Waals surface area contributed by atoms with Crippen molar-refractivity contribution in [1.82, 2.24) is 10.2 Å². The Kier molecular flexibility index (Phi) is 1.76. The van der Waals surface area contributed by atoms with Crippen molar-refractivity contribution in [1.29, 1.82) is 0 Å². The third-order valence-corrected chi connectivity index (χ3v) is 0.857. The van der Waals surface area contributed by atoms with E-state index in [1.165, 1.54) is 12.3 Å². The second kappa shape index (κ2) is 2.57. The Hall–Kier alpha value is -0.935. The summed E-state index contributed by atoms with van der Waals surface area (Å²) in [6.07, 6.45) is 1.46. The van der Waals surface area contributed by atoms with Gasteiger partial charge in [-0.3, -0.25) is 0 Å². The Balaban J connectivity index is 2.85. The van der Waals surface area contributed by atoms with E-state index in [1.54, 1.807) is 6.07 Å². The third kappa shape index (κ3) is 1.48. The average molecular weight is 124 g/mol. The molecule has 46 valence electrons. The van der Waals surface area contributed by atoms with E-state index in [4.69, 9.17) is 10.0 Å². The minimum Gasteiger partial charge on any atom is -0.422 e. The van der Waals surface area contributed by atoms with Crippen molar-refractivity contribution < 1.29 is 10.0 Å². The van der Waals surface area contributed by atoms with Crippen LogP contribution < -0.4 is 5.59 Å². The molecule has 0 fully saturated rings. The summed E-state index contributed by atoms with van der Waals surface area (Å²) in [5, 5.41) is 23.8. The lowest BCUT2D eigenvalue weighted by atomic mass is 9.86. The summed E-state index contributed by atoms with van der Waals surface area (Å²) in [5.74, 6) is 0. The molecule has 0 aliphatic carbocycles. The van der Waals surface area contributed by atoms with Crippen molar-refractivity contribution in [3.63, 3.8) is 0 Å². The van der Waals surface area contributed by atoms with E-state index in [9.17, 15) is 0 Å². The first-order valence-corrected chi connectivity index (χ1v) is 2.44. The van der Waals surface area contributed by atoms with E-state index >= 15 is 0 Å². The number of hydrogen-bond donors (Lipinski definition) is 2. The second-order valence-corrected chi connectivity index (χ2v) is 1.52.